The zero-order valence-corrected chi connectivity index (χ0v) is 18.9. The molecule has 2 N–H and O–H groups in total. The molecule has 0 saturated carbocycles. The van der Waals surface area contributed by atoms with Crippen LogP contribution in [0.3, 0.4) is 0 Å². The van der Waals surface area contributed by atoms with E-state index in [1.807, 2.05) is 43.9 Å². The smallest absolute Gasteiger partial charge is 0.251 e. The Kier molecular flexibility index (Phi) is 7.87. The Balaban J connectivity index is 1.64. The van der Waals surface area contributed by atoms with Crippen LogP contribution >= 0.6 is 0 Å². The summed E-state index contributed by atoms with van der Waals surface area (Å²) in [6.07, 6.45) is 1.49. The van der Waals surface area contributed by atoms with E-state index >= 15 is 0 Å². The van der Waals surface area contributed by atoms with Gasteiger partial charge in [-0.2, -0.15) is 0 Å². The van der Waals surface area contributed by atoms with Gasteiger partial charge in [0.25, 0.3) is 5.91 Å². The predicted octanol–water partition coefficient (Wildman–Crippen LogP) is 3.60. The molecule has 1 aliphatic rings. The number of ether oxygens (including phenoxy) is 1. The minimum absolute atomic E-state index is 0.105. The molecule has 3 rings (SSSR count). The SMILES string of the molecule is CCOc1ccc(C(=O)NC(C(=O)Nc2cccc(CN3CCCC3=O)c2)C(C)C)cc1. The first-order valence-electron chi connectivity index (χ1n) is 11.1. The van der Waals surface area contributed by atoms with Crippen LogP contribution in [-0.4, -0.2) is 41.8 Å². The summed E-state index contributed by atoms with van der Waals surface area (Å²) in [6, 6.07) is 13.6. The second-order valence-electron chi connectivity index (χ2n) is 8.26. The van der Waals surface area contributed by atoms with Gasteiger partial charge >= 0.3 is 0 Å². The fourth-order valence-electron chi connectivity index (χ4n) is 3.69. The molecule has 0 aliphatic carbocycles. The molecule has 2 aromatic rings. The number of nitrogens with zero attached hydrogens (tertiary/aromatic N) is 1. The van der Waals surface area contributed by atoms with Gasteiger partial charge in [-0.05, 0) is 61.2 Å². The number of carbonyl (C=O) groups excluding carboxylic acids is 3. The van der Waals surface area contributed by atoms with E-state index in [-0.39, 0.29) is 23.6 Å². The first kappa shape index (κ1) is 23.3. The van der Waals surface area contributed by atoms with Crippen molar-refractivity contribution in [1.29, 1.82) is 0 Å². The van der Waals surface area contributed by atoms with Gasteiger partial charge in [-0.25, -0.2) is 0 Å². The van der Waals surface area contributed by atoms with Crippen molar-refractivity contribution < 1.29 is 19.1 Å². The molecule has 1 unspecified atom stereocenters. The molecule has 1 aliphatic heterocycles. The molecule has 32 heavy (non-hydrogen) atoms. The Bertz CT molecular complexity index is 956. The highest BCUT2D eigenvalue weighted by Crippen LogP contribution is 2.18. The highest BCUT2D eigenvalue weighted by atomic mass is 16.5. The average molecular weight is 438 g/mol. The molecule has 0 bridgehead atoms. The van der Waals surface area contributed by atoms with Crippen LogP contribution in [0.25, 0.3) is 0 Å². The van der Waals surface area contributed by atoms with Crippen molar-refractivity contribution >= 4 is 23.4 Å². The molecular formula is C25H31N3O4. The van der Waals surface area contributed by atoms with Gasteiger partial charge in [0.05, 0.1) is 6.61 Å². The first-order valence-corrected chi connectivity index (χ1v) is 11.1. The van der Waals surface area contributed by atoms with Crippen LogP contribution in [0.1, 0.15) is 49.5 Å². The highest BCUT2D eigenvalue weighted by molar-refractivity contribution is 6.01. The van der Waals surface area contributed by atoms with Crippen molar-refractivity contribution in [3.63, 3.8) is 0 Å². The molecular weight excluding hydrogens is 406 g/mol. The minimum Gasteiger partial charge on any atom is -0.494 e. The second-order valence-corrected chi connectivity index (χ2v) is 8.26. The first-order chi connectivity index (χ1) is 15.4. The van der Waals surface area contributed by atoms with Crippen molar-refractivity contribution in [2.24, 2.45) is 5.92 Å². The maximum Gasteiger partial charge on any atom is 0.251 e. The van der Waals surface area contributed by atoms with Crippen molar-refractivity contribution in [3.8, 4) is 5.75 Å². The fourth-order valence-corrected chi connectivity index (χ4v) is 3.69. The quantitative estimate of drug-likeness (QED) is 0.627. The topological polar surface area (TPSA) is 87.7 Å². The Morgan fingerprint density at radius 3 is 2.50 bits per heavy atom. The van der Waals surface area contributed by atoms with E-state index in [2.05, 4.69) is 10.6 Å². The lowest BCUT2D eigenvalue weighted by molar-refractivity contribution is -0.128. The van der Waals surface area contributed by atoms with Crippen LogP contribution in [0, 0.1) is 5.92 Å². The number of likely N-dealkylation sites (tertiary alicyclic amines) is 1. The second kappa shape index (κ2) is 10.8. The van der Waals surface area contributed by atoms with Crippen LogP contribution in [0.15, 0.2) is 48.5 Å². The molecule has 2 aromatic carbocycles. The summed E-state index contributed by atoms with van der Waals surface area (Å²) in [5.41, 5.74) is 2.06. The molecule has 1 atom stereocenters. The maximum absolute atomic E-state index is 13.0. The van der Waals surface area contributed by atoms with Gasteiger partial charge in [0.1, 0.15) is 11.8 Å². The number of hydrogen-bond acceptors (Lipinski definition) is 4. The van der Waals surface area contributed by atoms with Gasteiger partial charge in [0.15, 0.2) is 0 Å². The summed E-state index contributed by atoms with van der Waals surface area (Å²) in [7, 11) is 0. The minimum atomic E-state index is -0.696. The molecule has 7 nitrogen and oxygen atoms in total. The number of rotatable bonds is 9. The number of nitrogens with one attached hydrogen (secondary N) is 2. The van der Waals surface area contributed by atoms with Crippen molar-refractivity contribution in [2.45, 2.75) is 46.2 Å². The van der Waals surface area contributed by atoms with Crippen LogP contribution in [0.5, 0.6) is 5.75 Å². The normalized spacial score (nSPS) is 14.4. The molecule has 7 heteroatoms. The van der Waals surface area contributed by atoms with Crippen molar-refractivity contribution in [1.82, 2.24) is 10.2 Å². The van der Waals surface area contributed by atoms with E-state index in [4.69, 9.17) is 4.74 Å². The Morgan fingerprint density at radius 2 is 1.88 bits per heavy atom. The van der Waals surface area contributed by atoms with E-state index in [9.17, 15) is 14.4 Å². The van der Waals surface area contributed by atoms with Crippen LogP contribution in [0.2, 0.25) is 0 Å². The highest BCUT2D eigenvalue weighted by Gasteiger charge is 2.25. The Labute approximate surface area is 189 Å². The monoisotopic (exact) mass is 437 g/mol. The molecule has 170 valence electrons. The van der Waals surface area contributed by atoms with Gasteiger partial charge in [-0.1, -0.05) is 26.0 Å². The standard InChI is InChI=1S/C25H31N3O4/c1-4-32-21-12-10-19(11-13-21)24(30)27-23(17(2)3)25(31)26-20-8-5-7-18(15-20)16-28-14-6-9-22(28)29/h5,7-8,10-13,15,17,23H,4,6,9,14,16H2,1-3H3,(H,26,31)(H,27,30). The lowest BCUT2D eigenvalue weighted by Gasteiger charge is -2.22. The molecule has 1 fully saturated rings. The summed E-state index contributed by atoms with van der Waals surface area (Å²) in [4.78, 5) is 39.4. The zero-order valence-electron chi connectivity index (χ0n) is 18.9. The molecule has 1 saturated heterocycles. The lowest BCUT2D eigenvalue weighted by atomic mass is 10.0. The van der Waals surface area contributed by atoms with Crippen molar-refractivity contribution in [3.05, 3.63) is 59.7 Å². The third kappa shape index (κ3) is 6.09. The van der Waals surface area contributed by atoms with Gasteiger partial charge < -0.3 is 20.3 Å². The summed E-state index contributed by atoms with van der Waals surface area (Å²) in [5, 5.41) is 5.74. The van der Waals surface area contributed by atoms with Crippen LogP contribution < -0.4 is 15.4 Å². The summed E-state index contributed by atoms with van der Waals surface area (Å²) < 4.78 is 5.40. The number of anilines is 1. The summed E-state index contributed by atoms with van der Waals surface area (Å²) in [6.45, 7) is 7.52. The Morgan fingerprint density at radius 1 is 1.12 bits per heavy atom. The summed E-state index contributed by atoms with van der Waals surface area (Å²) >= 11 is 0. The summed E-state index contributed by atoms with van der Waals surface area (Å²) in [5.74, 6) is 0.151. The van der Waals surface area contributed by atoms with E-state index in [1.54, 1.807) is 30.3 Å². The average Bonchev–Trinajstić information content (AvgIpc) is 3.17. The number of carbonyl (C=O) groups is 3. The third-order valence-corrected chi connectivity index (χ3v) is 5.40. The maximum atomic E-state index is 13.0. The molecule has 0 spiro atoms. The number of amides is 3. The van der Waals surface area contributed by atoms with Gasteiger partial charge in [-0.15, -0.1) is 0 Å². The predicted molar refractivity (Wildman–Crippen MR) is 123 cm³/mol. The lowest BCUT2D eigenvalue weighted by Crippen LogP contribution is -2.47. The number of benzene rings is 2. The van der Waals surface area contributed by atoms with E-state index in [0.29, 0.717) is 36.6 Å². The molecule has 1 heterocycles. The zero-order chi connectivity index (χ0) is 23.1. The third-order valence-electron chi connectivity index (χ3n) is 5.40. The van der Waals surface area contributed by atoms with E-state index in [1.165, 1.54) is 0 Å². The number of hydrogen-bond donors (Lipinski definition) is 2. The van der Waals surface area contributed by atoms with Gasteiger partial charge in [0.2, 0.25) is 11.8 Å². The van der Waals surface area contributed by atoms with Gasteiger partial charge in [-0.3, -0.25) is 14.4 Å². The Hall–Kier alpha value is -3.35. The molecule has 0 radical (unpaired) electrons. The largest absolute Gasteiger partial charge is 0.494 e. The van der Waals surface area contributed by atoms with E-state index < -0.39 is 6.04 Å². The van der Waals surface area contributed by atoms with Crippen molar-refractivity contribution in [2.75, 3.05) is 18.5 Å². The van der Waals surface area contributed by atoms with Crippen LogP contribution in [-0.2, 0) is 16.1 Å². The van der Waals surface area contributed by atoms with Crippen LogP contribution in [0.4, 0.5) is 5.69 Å². The van der Waals surface area contributed by atoms with E-state index in [0.717, 1.165) is 18.5 Å². The fraction of sp³-hybridized carbons (Fsp3) is 0.400. The molecule has 0 aromatic heterocycles. The molecule has 3 amide bonds. The van der Waals surface area contributed by atoms with Gasteiger partial charge in [0, 0.05) is 30.8 Å².